The SMILES string of the molecule is CC(C)NS(=O)(=O)c1ccc(NC(=O)[C@H](C)OC(=O)c2ccc(C=O)cc2)cc1. The third-order valence-electron chi connectivity index (χ3n) is 3.76. The lowest BCUT2D eigenvalue weighted by Gasteiger charge is -2.14. The van der Waals surface area contributed by atoms with Crippen LogP contribution >= 0.6 is 0 Å². The standard InChI is InChI=1S/C20H22N2O6S/c1-13(2)22-29(26,27)18-10-8-17(9-11-18)21-19(24)14(3)28-20(25)16-6-4-15(12-23)5-7-16/h4-14,22H,1-3H3,(H,21,24)/t14-/m0/s1. The molecule has 154 valence electrons. The molecule has 0 fully saturated rings. The second kappa shape index (κ2) is 9.44. The number of hydrogen-bond donors (Lipinski definition) is 2. The number of carbonyl (C=O) groups excluding carboxylic acids is 3. The summed E-state index contributed by atoms with van der Waals surface area (Å²) in [6.45, 7) is 4.84. The second-order valence-electron chi connectivity index (χ2n) is 6.58. The van der Waals surface area contributed by atoms with Gasteiger partial charge >= 0.3 is 5.97 Å². The number of nitrogens with one attached hydrogen (secondary N) is 2. The Bertz CT molecular complexity index is 983. The molecule has 0 aliphatic heterocycles. The quantitative estimate of drug-likeness (QED) is 0.502. The maximum atomic E-state index is 12.2. The first kappa shape index (κ1) is 22.3. The smallest absolute Gasteiger partial charge is 0.338 e. The molecule has 0 aliphatic carbocycles. The van der Waals surface area contributed by atoms with Crippen molar-refractivity contribution in [2.45, 2.75) is 37.8 Å². The molecule has 1 amide bonds. The Morgan fingerprint density at radius 2 is 1.55 bits per heavy atom. The second-order valence-corrected chi connectivity index (χ2v) is 8.29. The number of aldehydes is 1. The fraction of sp³-hybridized carbons (Fsp3) is 0.250. The Morgan fingerprint density at radius 1 is 0.966 bits per heavy atom. The molecule has 0 unspecified atom stereocenters. The first-order valence-corrected chi connectivity index (χ1v) is 10.3. The van der Waals surface area contributed by atoms with Crippen LogP contribution in [0.1, 0.15) is 41.5 Å². The van der Waals surface area contributed by atoms with Crippen molar-refractivity contribution in [3.63, 3.8) is 0 Å². The minimum Gasteiger partial charge on any atom is -0.449 e. The van der Waals surface area contributed by atoms with Crippen LogP contribution in [0.25, 0.3) is 0 Å². The Hall–Kier alpha value is -3.04. The molecule has 2 aromatic rings. The molecule has 0 radical (unpaired) electrons. The maximum Gasteiger partial charge on any atom is 0.338 e. The van der Waals surface area contributed by atoms with Crippen LogP contribution in [0.2, 0.25) is 0 Å². The summed E-state index contributed by atoms with van der Waals surface area (Å²) in [4.78, 5) is 35.0. The van der Waals surface area contributed by atoms with Crippen molar-refractivity contribution < 1.29 is 27.5 Å². The molecule has 0 saturated carbocycles. The average Bonchev–Trinajstić information content (AvgIpc) is 2.67. The Morgan fingerprint density at radius 3 is 2.07 bits per heavy atom. The van der Waals surface area contributed by atoms with E-state index in [9.17, 15) is 22.8 Å². The Balaban J connectivity index is 1.98. The van der Waals surface area contributed by atoms with Gasteiger partial charge in [0.25, 0.3) is 5.91 Å². The summed E-state index contributed by atoms with van der Waals surface area (Å²) >= 11 is 0. The Labute approximate surface area is 169 Å². The first-order chi connectivity index (χ1) is 13.6. The van der Waals surface area contributed by atoms with Crippen molar-refractivity contribution in [2.75, 3.05) is 5.32 Å². The van der Waals surface area contributed by atoms with Gasteiger partial charge in [-0.3, -0.25) is 9.59 Å². The number of benzene rings is 2. The van der Waals surface area contributed by atoms with Crippen LogP contribution in [-0.2, 0) is 19.6 Å². The highest BCUT2D eigenvalue weighted by atomic mass is 32.2. The lowest BCUT2D eigenvalue weighted by Crippen LogP contribution is -2.30. The maximum absolute atomic E-state index is 12.2. The summed E-state index contributed by atoms with van der Waals surface area (Å²) < 4.78 is 31.8. The van der Waals surface area contributed by atoms with Gasteiger partial charge in [-0.2, -0.15) is 0 Å². The van der Waals surface area contributed by atoms with Crippen LogP contribution < -0.4 is 10.0 Å². The zero-order valence-electron chi connectivity index (χ0n) is 16.2. The van der Waals surface area contributed by atoms with Crippen LogP contribution in [0.4, 0.5) is 5.69 Å². The van der Waals surface area contributed by atoms with Crippen molar-refractivity contribution in [1.29, 1.82) is 0 Å². The van der Waals surface area contributed by atoms with Gasteiger partial charge < -0.3 is 10.1 Å². The zero-order valence-corrected chi connectivity index (χ0v) is 17.0. The summed E-state index contributed by atoms with van der Waals surface area (Å²) in [6, 6.07) is 11.2. The molecule has 8 nitrogen and oxygen atoms in total. The van der Waals surface area contributed by atoms with Gasteiger partial charge in [-0.1, -0.05) is 12.1 Å². The predicted octanol–water partition coefficient (Wildman–Crippen LogP) is 2.37. The van der Waals surface area contributed by atoms with E-state index in [1.54, 1.807) is 13.8 Å². The van der Waals surface area contributed by atoms with E-state index in [0.717, 1.165) is 0 Å². The largest absolute Gasteiger partial charge is 0.449 e. The third kappa shape index (κ3) is 6.23. The van der Waals surface area contributed by atoms with E-state index >= 15 is 0 Å². The highest BCUT2D eigenvalue weighted by Crippen LogP contribution is 2.15. The molecule has 9 heteroatoms. The van der Waals surface area contributed by atoms with E-state index < -0.39 is 28.0 Å². The Kier molecular flexibility index (Phi) is 7.24. The van der Waals surface area contributed by atoms with E-state index in [1.807, 2.05) is 0 Å². The number of hydrogen-bond acceptors (Lipinski definition) is 6. The van der Waals surface area contributed by atoms with Gasteiger partial charge in [-0.15, -0.1) is 0 Å². The molecule has 0 bridgehead atoms. The number of esters is 1. The fourth-order valence-corrected chi connectivity index (χ4v) is 3.57. The van der Waals surface area contributed by atoms with E-state index in [2.05, 4.69) is 10.0 Å². The average molecular weight is 418 g/mol. The summed E-state index contributed by atoms with van der Waals surface area (Å²) in [7, 11) is -3.63. The summed E-state index contributed by atoms with van der Waals surface area (Å²) in [5.74, 6) is -1.27. The van der Waals surface area contributed by atoms with Gasteiger partial charge in [-0.25, -0.2) is 17.9 Å². The lowest BCUT2D eigenvalue weighted by molar-refractivity contribution is -0.123. The molecule has 1 atom stereocenters. The van der Waals surface area contributed by atoms with Crippen molar-refractivity contribution in [2.24, 2.45) is 0 Å². The summed E-state index contributed by atoms with van der Waals surface area (Å²) in [5, 5.41) is 2.56. The molecular formula is C20H22N2O6S. The van der Waals surface area contributed by atoms with E-state index in [4.69, 9.17) is 4.74 Å². The molecule has 0 aromatic heterocycles. The van der Waals surface area contributed by atoms with Crippen LogP contribution in [0.5, 0.6) is 0 Å². The number of sulfonamides is 1. The van der Waals surface area contributed by atoms with Gasteiger partial charge in [0.1, 0.15) is 6.29 Å². The molecule has 29 heavy (non-hydrogen) atoms. The minimum atomic E-state index is -3.63. The fourth-order valence-electron chi connectivity index (χ4n) is 2.32. The molecule has 2 aromatic carbocycles. The molecule has 0 aliphatic rings. The van der Waals surface area contributed by atoms with Gasteiger partial charge in [0.15, 0.2) is 6.10 Å². The molecule has 2 N–H and O–H groups in total. The van der Waals surface area contributed by atoms with Crippen LogP contribution in [0, 0.1) is 0 Å². The van der Waals surface area contributed by atoms with Gasteiger partial charge in [-0.05, 0) is 57.2 Å². The van der Waals surface area contributed by atoms with E-state index in [1.165, 1.54) is 55.5 Å². The number of rotatable bonds is 8. The van der Waals surface area contributed by atoms with Crippen LogP contribution in [-0.4, -0.2) is 38.7 Å². The first-order valence-electron chi connectivity index (χ1n) is 8.82. The highest BCUT2D eigenvalue weighted by Gasteiger charge is 2.20. The van der Waals surface area contributed by atoms with Gasteiger partial charge in [0, 0.05) is 17.3 Å². The van der Waals surface area contributed by atoms with Crippen molar-refractivity contribution in [1.82, 2.24) is 4.72 Å². The van der Waals surface area contributed by atoms with Crippen LogP contribution in [0.15, 0.2) is 53.4 Å². The monoisotopic (exact) mass is 418 g/mol. The third-order valence-corrected chi connectivity index (χ3v) is 5.43. The minimum absolute atomic E-state index is 0.0717. The zero-order chi connectivity index (χ0) is 21.6. The van der Waals surface area contributed by atoms with Crippen molar-refractivity contribution in [3.05, 3.63) is 59.7 Å². The predicted molar refractivity (Wildman–Crippen MR) is 107 cm³/mol. The number of ether oxygens (including phenoxy) is 1. The van der Waals surface area contributed by atoms with Crippen molar-refractivity contribution in [3.8, 4) is 0 Å². The normalized spacial score (nSPS) is 12.3. The topological polar surface area (TPSA) is 119 Å². The molecule has 0 spiro atoms. The van der Waals surface area contributed by atoms with Crippen molar-refractivity contribution >= 4 is 33.9 Å². The molecule has 0 saturated heterocycles. The van der Waals surface area contributed by atoms with E-state index in [-0.39, 0.29) is 16.5 Å². The number of amides is 1. The number of carbonyl (C=O) groups is 3. The number of anilines is 1. The molecule has 0 heterocycles. The lowest BCUT2D eigenvalue weighted by atomic mass is 10.1. The summed E-state index contributed by atoms with van der Waals surface area (Å²) in [6.07, 6.45) is -0.431. The van der Waals surface area contributed by atoms with Crippen LogP contribution in [0.3, 0.4) is 0 Å². The summed E-state index contributed by atoms with van der Waals surface area (Å²) in [5.41, 5.74) is 0.987. The molecule has 2 rings (SSSR count). The van der Waals surface area contributed by atoms with E-state index in [0.29, 0.717) is 17.5 Å². The molecular weight excluding hydrogens is 396 g/mol. The highest BCUT2D eigenvalue weighted by molar-refractivity contribution is 7.89. The van der Waals surface area contributed by atoms with Gasteiger partial charge in [0.2, 0.25) is 10.0 Å². The van der Waals surface area contributed by atoms with Gasteiger partial charge in [0.05, 0.1) is 10.5 Å².